The lowest BCUT2D eigenvalue weighted by molar-refractivity contribution is 0.168. The molecule has 0 amide bonds. The van der Waals surface area contributed by atoms with Crippen LogP contribution in [0.2, 0.25) is 0 Å². The van der Waals surface area contributed by atoms with Crippen LogP contribution in [0.25, 0.3) is 0 Å². The number of aliphatic imine (C=N–C) groups is 1. The number of nitrogens with zero attached hydrogens (tertiary/aromatic N) is 4. The molecule has 5 heteroatoms. The molecule has 0 saturated carbocycles. The summed E-state index contributed by atoms with van der Waals surface area (Å²) in [6, 6.07) is 0. The van der Waals surface area contributed by atoms with E-state index in [0.717, 1.165) is 51.8 Å². The third-order valence-corrected chi connectivity index (χ3v) is 3.18. The van der Waals surface area contributed by atoms with Gasteiger partial charge in [-0.25, -0.2) is 0 Å². The molecule has 0 atom stereocenters. The van der Waals surface area contributed by atoms with Gasteiger partial charge in [0.1, 0.15) is 0 Å². The highest BCUT2D eigenvalue weighted by atomic mass is 15.3. The van der Waals surface area contributed by atoms with E-state index in [1.807, 2.05) is 0 Å². The van der Waals surface area contributed by atoms with Crippen LogP contribution < -0.4 is 5.73 Å². The van der Waals surface area contributed by atoms with Gasteiger partial charge in [0.25, 0.3) is 0 Å². The lowest BCUT2D eigenvalue weighted by Gasteiger charge is -2.35. The normalized spacial score (nSPS) is 19.0. The van der Waals surface area contributed by atoms with Gasteiger partial charge >= 0.3 is 0 Å². The summed E-state index contributed by atoms with van der Waals surface area (Å²) in [5.41, 5.74) is 6.01. The van der Waals surface area contributed by atoms with Crippen LogP contribution in [0.4, 0.5) is 0 Å². The zero-order valence-corrected chi connectivity index (χ0v) is 12.4. The van der Waals surface area contributed by atoms with Gasteiger partial charge in [-0.2, -0.15) is 0 Å². The lowest BCUT2D eigenvalue weighted by atomic mass is 10.2. The van der Waals surface area contributed by atoms with Crippen molar-refractivity contribution < 1.29 is 0 Å². The van der Waals surface area contributed by atoms with Gasteiger partial charge in [-0.05, 0) is 20.0 Å². The second kappa shape index (κ2) is 7.59. The van der Waals surface area contributed by atoms with Gasteiger partial charge in [0.05, 0.1) is 0 Å². The number of piperazine rings is 1. The van der Waals surface area contributed by atoms with Crippen LogP contribution in [-0.2, 0) is 0 Å². The number of guanidine groups is 1. The molecule has 0 radical (unpaired) electrons. The second-order valence-corrected chi connectivity index (χ2v) is 5.72. The standard InChI is InChI=1S/C13H29N5/c1-12(2)11-15-13(14)18-9-7-17(8-10-18)6-5-16(3)4/h12H,5-11H2,1-4H3,(H2,14,15). The molecule has 1 saturated heterocycles. The Kier molecular flexibility index (Phi) is 6.43. The minimum absolute atomic E-state index is 0.574. The quantitative estimate of drug-likeness (QED) is 0.561. The summed E-state index contributed by atoms with van der Waals surface area (Å²) in [6.45, 7) is 11.6. The molecule has 18 heavy (non-hydrogen) atoms. The average Bonchev–Trinajstić information content (AvgIpc) is 2.34. The van der Waals surface area contributed by atoms with Crippen molar-refractivity contribution in [1.29, 1.82) is 0 Å². The van der Waals surface area contributed by atoms with Gasteiger partial charge in [0.2, 0.25) is 0 Å². The molecule has 5 nitrogen and oxygen atoms in total. The fourth-order valence-electron chi connectivity index (χ4n) is 1.92. The fraction of sp³-hybridized carbons (Fsp3) is 0.923. The Bertz CT molecular complexity index is 254. The minimum atomic E-state index is 0.574. The van der Waals surface area contributed by atoms with Gasteiger partial charge < -0.3 is 15.5 Å². The van der Waals surface area contributed by atoms with Crippen LogP contribution in [0.15, 0.2) is 4.99 Å². The topological polar surface area (TPSA) is 48.1 Å². The SMILES string of the molecule is CC(C)CN=C(N)N1CCN(CCN(C)C)CC1. The highest BCUT2D eigenvalue weighted by Crippen LogP contribution is 2.02. The molecule has 0 aliphatic carbocycles. The van der Waals surface area contributed by atoms with Gasteiger partial charge in [0, 0.05) is 45.8 Å². The van der Waals surface area contributed by atoms with E-state index in [-0.39, 0.29) is 0 Å². The van der Waals surface area contributed by atoms with Crippen molar-refractivity contribution in [2.24, 2.45) is 16.6 Å². The molecule has 0 aromatic rings. The van der Waals surface area contributed by atoms with E-state index in [1.165, 1.54) is 0 Å². The maximum atomic E-state index is 6.01. The Hall–Kier alpha value is -0.810. The summed E-state index contributed by atoms with van der Waals surface area (Å²) in [6.07, 6.45) is 0. The van der Waals surface area contributed by atoms with Gasteiger partial charge in [-0.15, -0.1) is 0 Å². The molecule has 106 valence electrons. The summed E-state index contributed by atoms with van der Waals surface area (Å²) in [5.74, 6) is 1.29. The predicted octanol–water partition coefficient (Wildman–Crippen LogP) is 0.136. The highest BCUT2D eigenvalue weighted by Gasteiger charge is 2.17. The van der Waals surface area contributed by atoms with Crippen molar-refractivity contribution in [3.63, 3.8) is 0 Å². The smallest absolute Gasteiger partial charge is 0.191 e. The van der Waals surface area contributed by atoms with E-state index in [2.05, 4.69) is 47.6 Å². The van der Waals surface area contributed by atoms with Crippen molar-refractivity contribution in [3.8, 4) is 0 Å². The Morgan fingerprint density at radius 1 is 1.22 bits per heavy atom. The third kappa shape index (κ3) is 5.69. The molecule has 2 N–H and O–H groups in total. The summed E-state index contributed by atoms with van der Waals surface area (Å²) in [7, 11) is 4.24. The molecule has 1 fully saturated rings. The second-order valence-electron chi connectivity index (χ2n) is 5.72. The van der Waals surface area contributed by atoms with Crippen molar-refractivity contribution in [2.75, 3.05) is 59.9 Å². The molecule has 0 aromatic carbocycles. The third-order valence-electron chi connectivity index (χ3n) is 3.18. The maximum absolute atomic E-state index is 6.01. The lowest BCUT2D eigenvalue weighted by Crippen LogP contribution is -2.52. The maximum Gasteiger partial charge on any atom is 0.191 e. The zero-order chi connectivity index (χ0) is 13.5. The van der Waals surface area contributed by atoms with Crippen LogP contribution in [0, 0.1) is 5.92 Å². The summed E-state index contributed by atoms with van der Waals surface area (Å²) >= 11 is 0. The molecule has 1 aliphatic heterocycles. The summed E-state index contributed by atoms with van der Waals surface area (Å²) in [4.78, 5) is 11.4. The first-order valence-electron chi connectivity index (χ1n) is 6.91. The number of rotatable bonds is 5. The van der Waals surface area contributed by atoms with Gasteiger partial charge in [-0.3, -0.25) is 9.89 Å². The predicted molar refractivity (Wildman–Crippen MR) is 77.9 cm³/mol. The Morgan fingerprint density at radius 2 is 1.83 bits per heavy atom. The van der Waals surface area contributed by atoms with Crippen molar-refractivity contribution in [1.82, 2.24) is 14.7 Å². The first-order chi connectivity index (χ1) is 8.49. The fourth-order valence-corrected chi connectivity index (χ4v) is 1.92. The van der Waals surface area contributed by atoms with E-state index >= 15 is 0 Å². The molecule has 1 rings (SSSR count). The monoisotopic (exact) mass is 255 g/mol. The van der Waals surface area contributed by atoms with E-state index in [1.54, 1.807) is 0 Å². The molecule has 0 spiro atoms. The van der Waals surface area contributed by atoms with Crippen LogP contribution in [0.5, 0.6) is 0 Å². The molecule has 1 heterocycles. The minimum Gasteiger partial charge on any atom is -0.370 e. The van der Waals surface area contributed by atoms with E-state index in [0.29, 0.717) is 5.92 Å². The zero-order valence-electron chi connectivity index (χ0n) is 12.4. The molecule has 0 aromatic heterocycles. The van der Waals surface area contributed by atoms with Crippen molar-refractivity contribution in [3.05, 3.63) is 0 Å². The number of hydrogen-bond donors (Lipinski definition) is 1. The van der Waals surface area contributed by atoms with Crippen LogP contribution in [0.3, 0.4) is 0 Å². The number of nitrogens with two attached hydrogens (primary N) is 1. The largest absolute Gasteiger partial charge is 0.370 e. The molecule has 1 aliphatic rings. The Morgan fingerprint density at radius 3 is 2.33 bits per heavy atom. The Balaban J connectivity index is 2.28. The first kappa shape index (κ1) is 15.2. The average molecular weight is 255 g/mol. The van der Waals surface area contributed by atoms with Crippen LogP contribution in [0.1, 0.15) is 13.8 Å². The number of hydrogen-bond acceptors (Lipinski definition) is 3. The van der Waals surface area contributed by atoms with Crippen molar-refractivity contribution in [2.45, 2.75) is 13.8 Å². The number of likely N-dealkylation sites (N-methyl/N-ethyl adjacent to an activating group) is 1. The first-order valence-corrected chi connectivity index (χ1v) is 6.91. The Labute approximate surface area is 112 Å². The molecule has 0 bridgehead atoms. The van der Waals surface area contributed by atoms with Crippen molar-refractivity contribution >= 4 is 5.96 Å². The molecule has 0 unspecified atom stereocenters. The van der Waals surface area contributed by atoms with Gasteiger partial charge in [-0.1, -0.05) is 13.8 Å². The molecular formula is C13H29N5. The van der Waals surface area contributed by atoms with Gasteiger partial charge in [0.15, 0.2) is 5.96 Å². The van der Waals surface area contributed by atoms with E-state index < -0.39 is 0 Å². The summed E-state index contributed by atoms with van der Waals surface area (Å²) < 4.78 is 0. The van der Waals surface area contributed by atoms with E-state index in [4.69, 9.17) is 5.73 Å². The van der Waals surface area contributed by atoms with E-state index in [9.17, 15) is 0 Å². The highest BCUT2D eigenvalue weighted by molar-refractivity contribution is 5.78. The van der Waals surface area contributed by atoms with Crippen LogP contribution in [-0.4, -0.2) is 80.6 Å². The molecular weight excluding hydrogens is 226 g/mol. The summed E-state index contributed by atoms with van der Waals surface area (Å²) in [5, 5.41) is 0. The van der Waals surface area contributed by atoms with Crippen LogP contribution >= 0.6 is 0 Å².